The number of amides is 1. The van der Waals surface area contributed by atoms with Gasteiger partial charge in [-0.05, 0) is 18.8 Å². The standard InChI is InChI=1S/C11H20N2O/c1-3-4-13(9-6-12-7-9)11(14)10-5-8(10)2/h8-10,12H,3-7H2,1-2H3. The van der Waals surface area contributed by atoms with Crippen LogP contribution in [0.15, 0.2) is 0 Å². The first kappa shape index (κ1) is 9.97. The number of nitrogens with zero attached hydrogens (tertiary/aromatic N) is 1. The van der Waals surface area contributed by atoms with Crippen LogP contribution in [0, 0.1) is 11.8 Å². The van der Waals surface area contributed by atoms with Crippen LogP contribution in [0.3, 0.4) is 0 Å². The molecule has 1 aliphatic heterocycles. The van der Waals surface area contributed by atoms with Gasteiger partial charge < -0.3 is 10.2 Å². The summed E-state index contributed by atoms with van der Waals surface area (Å²) in [5, 5.41) is 3.23. The highest BCUT2D eigenvalue weighted by Gasteiger charge is 2.43. The number of hydrogen-bond acceptors (Lipinski definition) is 2. The lowest BCUT2D eigenvalue weighted by atomic mass is 10.1. The molecular weight excluding hydrogens is 176 g/mol. The van der Waals surface area contributed by atoms with Gasteiger partial charge in [0, 0.05) is 25.6 Å². The van der Waals surface area contributed by atoms with E-state index in [2.05, 4.69) is 24.1 Å². The monoisotopic (exact) mass is 196 g/mol. The molecule has 3 nitrogen and oxygen atoms in total. The van der Waals surface area contributed by atoms with E-state index in [4.69, 9.17) is 0 Å². The van der Waals surface area contributed by atoms with E-state index >= 15 is 0 Å². The van der Waals surface area contributed by atoms with Gasteiger partial charge in [-0.3, -0.25) is 4.79 Å². The first-order valence-electron chi connectivity index (χ1n) is 5.75. The third-order valence-corrected chi connectivity index (χ3v) is 3.37. The molecule has 0 aromatic carbocycles. The predicted octanol–water partition coefficient (Wildman–Crippen LogP) is 0.853. The van der Waals surface area contributed by atoms with Crippen LogP contribution in [0.5, 0.6) is 0 Å². The van der Waals surface area contributed by atoms with Crippen molar-refractivity contribution in [2.75, 3.05) is 19.6 Å². The van der Waals surface area contributed by atoms with E-state index in [1.807, 2.05) is 0 Å². The van der Waals surface area contributed by atoms with Crippen LogP contribution in [-0.4, -0.2) is 36.5 Å². The van der Waals surface area contributed by atoms with Gasteiger partial charge in [-0.15, -0.1) is 0 Å². The second-order valence-corrected chi connectivity index (χ2v) is 4.66. The maximum absolute atomic E-state index is 12.0. The summed E-state index contributed by atoms with van der Waals surface area (Å²) in [6, 6.07) is 0.482. The van der Waals surface area contributed by atoms with Crippen molar-refractivity contribution < 1.29 is 4.79 Å². The number of nitrogens with one attached hydrogen (secondary N) is 1. The van der Waals surface area contributed by atoms with Gasteiger partial charge in [0.1, 0.15) is 0 Å². The van der Waals surface area contributed by atoms with E-state index in [-0.39, 0.29) is 0 Å². The predicted molar refractivity (Wildman–Crippen MR) is 55.9 cm³/mol. The first-order valence-corrected chi connectivity index (χ1v) is 5.75. The molecule has 0 bridgehead atoms. The summed E-state index contributed by atoms with van der Waals surface area (Å²) in [6.45, 7) is 7.24. The Balaban J connectivity index is 1.91. The van der Waals surface area contributed by atoms with Gasteiger partial charge in [-0.1, -0.05) is 13.8 Å². The smallest absolute Gasteiger partial charge is 0.226 e. The summed E-state index contributed by atoms with van der Waals surface area (Å²) in [4.78, 5) is 14.1. The van der Waals surface area contributed by atoms with Crippen molar-refractivity contribution in [1.29, 1.82) is 0 Å². The molecule has 1 saturated carbocycles. The largest absolute Gasteiger partial charge is 0.337 e. The number of rotatable bonds is 4. The lowest BCUT2D eigenvalue weighted by Gasteiger charge is -2.38. The van der Waals surface area contributed by atoms with E-state index in [1.54, 1.807) is 0 Å². The second kappa shape index (κ2) is 3.89. The highest BCUT2D eigenvalue weighted by Crippen LogP contribution is 2.39. The SMILES string of the molecule is CCCN(C(=O)C1CC1C)C1CNC1. The molecule has 2 fully saturated rings. The molecule has 1 aliphatic carbocycles. The fraction of sp³-hybridized carbons (Fsp3) is 0.909. The van der Waals surface area contributed by atoms with E-state index in [0.717, 1.165) is 32.5 Å². The topological polar surface area (TPSA) is 32.3 Å². The van der Waals surface area contributed by atoms with Crippen LogP contribution in [0.1, 0.15) is 26.7 Å². The summed E-state index contributed by atoms with van der Waals surface area (Å²) in [6.07, 6.45) is 2.18. The van der Waals surface area contributed by atoms with Crippen molar-refractivity contribution in [3.63, 3.8) is 0 Å². The number of hydrogen-bond donors (Lipinski definition) is 1. The van der Waals surface area contributed by atoms with Gasteiger partial charge >= 0.3 is 0 Å². The van der Waals surface area contributed by atoms with Crippen molar-refractivity contribution in [2.24, 2.45) is 11.8 Å². The molecule has 1 heterocycles. The molecule has 1 saturated heterocycles. The van der Waals surface area contributed by atoms with E-state index in [1.165, 1.54) is 0 Å². The van der Waals surface area contributed by atoms with Crippen molar-refractivity contribution in [1.82, 2.24) is 10.2 Å². The summed E-state index contributed by atoms with van der Waals surface area (Å²) >= 11 is 0. The van der Waals surface area contributed by atoms with E-state index in [9.17, 15) is 4.79 Å². The molecule has 14 heavy (non-hydrogen) atoms. The average Bonchev–Trinajstić information content (AvgIpc) is 2.77. The zero-order chi connectivity index (χ0) is 10.1. The summed E-state index contributed by atoms with van der Waals surface area (Å²) < 4.78 is 0. The van der Waals surface area contributed by atoms with Crippen LogP contribution in [0.25, 0.3) is 0 Å². The third-order valence-electron chi connectivity index (χ3n) is 3.37. The first-order chi connectivity index (χ1) is 6.74. The lowest BCUT2D eigenvalue weighted by Crippen LogP contribution is -2.59. The minimum atomic E-state index is 0.349. The van der Waals surface area contributed by atoms with Crippen LogP contribution in [-0.2, 0) is 4.79 Å². The Labute approximate surface area is 85.8 Å². The fourth-order valence-electron chi connectivity index (χ4n) is 2.09. The van der Waals surface area contributed by atoms with Crippen LogP contribution in [0.4, 0.5) is 0 Å². The Morgan fingerprint density at radius 2 is 2.14 bits per heavy atom. The van der Waals surface area contributed by atoms with Crippen molar-refractivity contribution in [3.8, 4) is 0 Å². The van der Waals surface area contributed by atoms with Gasteiger partial charge in [0.05, 0.1) is 6.04 Å². The van der Waals surface area contributed by atoms with Gasteiger partial charge in [0.15, 0.2) is 0 Å². The molecule has 1 amide bonds. The van der Waals surface area contributed by atoms with E-state index in [0.29, 0.717) is 23.8 Å². The van der Waals surface area contributed by atoms with Crippen LogP contribution in [0.2, 0.25) is 0 Å². The summed E-state index contributed by atoms with van der Waals surface area (Å²) in [7, 11) is 0. The Kier molecular flexibility index (Phi) is 2.77. The highest BCUT2D eigenvalue weighted by molar-refractivity contribution is 5.82. The van der Waals surface area contributed by atoms with Crippen molar-refractivity contribution in [2.45, 2.75) is 32.7 Å². The van der Waals surface area contributed by atoms with E-state index < -0.39 is 0 Å². The molecule has 1 N–H and O–H groups in total. The minimum absolute atomic E-state index is 0.349. The van der Waals surface area contributed by atoms with Crippen molar-refractivity contribution >= 4 is 5.91 Å². The van der Waals surface area contributed by atoms with Gasteiger partial charge in [0.2, 0.25) is 5.91 Å². The maximum Gasteiger partial charge on any atom is 0.226 e. The zero-order valence-electron chi connectivity index (χ0n) is 9.12. The molecule has 3 heteroatoms. The van der Waals surface area contributed by atoms with Gasteiger partial charge in [0.25, 0.3) is 0 Å². The summed E-state index contributed by atoms with van der Waals surface area (Å²) in [5.41, 5.74) is 0. The number of carbonyl (C=O) groups is 1. The Hall–Kier alpha value is -0.570. The third kappa shape index (κ3) is 1.78. The maximum atomic E-state index is 12.0. The molecule has 2 aliphatic rings. The Morgan fingerprint density at radius 3 is 2.50 bits per heavy atom. The average molecular weight is 196 g/mol. The van der Waals surface area contributed by atoms with Crippen LogP contribution < -0.4 is 5.32 Å². The molecule has 0 radical (unpaired) electrons. The zero-order valence-corrected chi connectivity index (χ0v) is 9.12. The molecular formula is C11H20N2O. The molecule has 80 valence electrons. The Bertz CT molecular complexity index is 225. The highest BCUT2D eigenvalue weighted by atomic mass is 16.2. The fourth-order valence-corrected chi connectivity index (χ4v) is 2.09. The minimum Gasteiger partial charge on any atom is -0.337 e. The van der Waals surface area contributed by atoms with Gasteiger partial charge in [-0.2, -0.15) is 0 Å². The molecule has 0 aromatic rings. The van der Waals surface area contributed by atoms with Gasteiger partial charge in [-0.25, -0.2) is 0 Å². The summed E-state index contributed by atoms with van der Waals surface area (Å²) in [5.74, 6) is 1.39. The molecule has 2 rings (SSSR count). The number of carbonyl (C=O) groups excluding carboxylic acids is 1. The van der Waals surface area contributed by atoms with Crippen molar-refractivity contribution in [3.05, 3.63) is 0 Å². The molecule has 2 unspecified atom stereocenters. The lowest BCUT2D eigenvalue weighted by molar-refractivity contribution is -0.136. The normalized spacial score (nSPS) is 31.0. The molecule has 2 atom stereocenters. The molecule has 0 aromatic heterocycles. The quantitative estimate of drug-likeness (QED) is 0.723. The Morgan fingerprint density at radius 1 is 1.50 bits per heavy atom. The second-order valence-electron chi connectivity index (χ2n) is 4.66. The van der Waals surface area contributed by atoms with Crippen LogP contribution >= 0.6 is 0 Å². The molecule has 0 spiro atoms.